The molecule has 1 N–H and O–H groups in total. The Balaban J connectivity index is 1.35. The first kappa shape index (κ1) is 21.4. The Morgan fingerprint density at radius 3 is 2.94 bits per heavy atom. The number of methoxy groups -OCH3 is 1. The fourth-order valence-corrected chi connectivity index (χ4v) is 4.70. The molecule has 1 atom stereocenters. The number of rotatable bonds is 8. The summed E-state index contributed by atoms with van der Waals surface area (Å²) in [6.45, 7) is 6.89. The lowest BCUT2D eigenvalue weighted by Gasteiger charge is -2.35. The lowest BCUT2D eigenvalue weighted by molar-refractivity contribution is 0.0692. The van der Waals surface area contributed by atoms with Gasteiger partial charge in [0.2, 0.25) is 0 Å². The van der Waals surface area contributed by atoms with E-state index in [1.54, 1.807) is 7.11 Å². The van der Waals surface area contributed by atoms with E-state index >= 15 is 0 Å². The summed E-state index contributed by atoms with van der Waals surface area (Å²) < 4.78 is 5.35. The zero-order chi connectivity index (χ0) is 21.6. The summed E-state index contributed by atoms with van der Waals surface area (Å²) in [6, 6.07) is 16.4. The van der Waals surface area contributed by atoms with Crippen LogP contribution in [0.1, 0.15) is 35.7 Å². The Bertz CT molecular complexity index is 1010. The molecule has 0 bridgehead atoms. The average Bonchev–Trinajstić information content (AvgIpc) is 3.25. The predicted molar refractivity (Wildman–Crippen MR) is 126 cm³/mol. The minimum absolute atomic E-state index is 0.133. The molecule has 0 aliphatic carbocycles. The molecule has 1 fully saturated rings. The van der Waals surface area contributed by atoms with Gasteiger partial charge >= 0.3 is 0 Å². The third kappa shape index (κ3) is 5.10. The number of ether oxygens (including phenoxy) is 1. The van der Waals surface area contributed by atoms with Gasteiger partial charge in [-0.05, 0) is 62.4 Å². The number of likely N-dealkylation sites (tertiary alicyclic amines) is 1. The number of piperidine rings is 1. The van der Waals surface area contributed by atoms with Crippen LogP contribution in [-0.2, 0) is 6.42 Å². The normalized spacial score (nSPS) is 17.0. The molecule has 1 aliphatic heterocycles. The Hall–Kier alpha value is -2.79. The van der Waals surface area contributed by atoms with Crippen molar-refractivity contribution in [1.82, 2.24) is 14.8 Å². The maximum absolute atomic E-state index is 13.3. The number of carbonyl (C=O) groups is 1. The molecule has 1 aliphatic rings. The number of nitrogens with one attached hydrogen (secondary N) is 1. The minimum Gasteiger partial charge on any atom is -0.497 e. The average molecular weight is 420 g/mol. The van der Waals surface area contributed by atoms with Gasteiger partial charge in [-0.3, -0.25) is 4.79 Å². The van der Waals surface area contributed by atoms with E-state index in [2.05, 4.69) is 35.0 Å². The Morgan fingerprint density at radius 1 is 1.23 bits per heavy atom. The minimum atomic E-state index is 0.133. The van der Waals surface area contributed by atoms with E-state index in [-0.39, 0.29) is 5.91 Å². The van der Waals surface area contributed by atoms with Crippen LogP contribution < -0.4 is 4.74 Å². The quantitative estimate of drug-likeness (QED) is 0.581. The lowest BCUT2D eigenvalue weighted by atomic mass is 9.96. The van der Waals surface area contributed by atoms with Crippen LogP contribution in [0.4, 0.5) is 0 Å². The van der Waals surface area contributed by atoms with Gasteiger partial charge in [0, 0.05) is 43.3 Å². The number of nitrogens with zero attached hydrogens (tertiary/aromatic N) is 2. The highest BCUT2D eigenvalue weighted by Gasteiger charge is 2.25. The van der Waals surface area contributed by atoms with Crippen molar-refractivity contribution in [2.75, 3.05) is 39.8 Å². The van der Waals surface area contributed by atoms with Gasteiger partial charge in [-0.15, -0.1) is 0 Å². The van der Waals surface area contributed by atoms with Crippen LogP contribution in [0.25, 0.3) is 10.9 Å². The van der Waals surface area contributed by atoms with Crippen LogP contribution in [0, 0.1) is 5.92 Å². The number of fused-ring (bicyclic) bond motifs is 1. The summed E-state index contributed by atoms with van der Waals surface area (Å²) in [5.41, 5.74) is 3.11. The predicted octanol–water partition coefficient (Wildman–Crippen LogP) is 4.59. The van der Waals surface area contributed by atoms with Crippen molar-refractivity contribution in [3.63, 3.8) is 0 Å². The molecule has 31 heavy (non-hydrogen) atoms. The van der Waals surface area contributed by atoms with E-state index in [0.29, 0.717) is 5.92 Å². The molecule has 0 spiro atoms. The van der Waals surface area contributed by atoms with Gasteiger partial charge in [-0.1, -0.05) is 30.3 Å². The number of aromatic nitrogens is 1. The number of carbonyl (C=O) groups excluding carboxylic acids is 1. The molecule has 1 unspecified atom stereocenters. The molecule has 1 amide bonds. The summed E-state index contributed by atoms with van der Waals surface area (Å²) in [5.74, 6) is 1.57. The zero-order valence-electron chi connectivity index (χ0n) is 18.6. The number of para-hydroxylation sites is 1. The van der Waals surface area contributed by atoms with Gasteiger partial charge in [-0.2, -0.15) is 0 Å². The first-order valence-corrected chi connectivity index (χ1v) is 11.4. The molecule has 2 aromatic carbocycles. The molecule has 3 aromatic rings. The summed E-state index contributed by atoms with van der Waals surface area (Å²) in [6.07, 6.45) is 5.27. The van der Waals surface area contributed by atoms with E-state index in [0.717, 1.165) is 61.4 Å². The van der Waals surface area contributed by atoms with Gasteiger partial charge in [0.05, 0.1) is 12.7 Å². The van der Waals surface area contributed by atoms with Gasteiger partial charge in [0.25, 0.3) is 5.91 Å². The maximum Gasteiger partial charge on any atom is 0.256 e. The number of hydrogen-bond acceptors (Lipinski definition) is 3. The molecule has 1 saturated heterocycles. The summed E-state index contributed by atoms with van der Waals surface area (Å²) in [5, 5.41) is 1.01. The SMILES string of the molecule is CCN(CC1CCCN(CCc2cccc(OC)c2)C1)C(=O)c1c[nH]c2ccccc12. The molecule has 5 heteroatoms. The highest BCUT2D eigenvalue weighted by molar-refractivity contribution is 6.06. The molecule has 4 rings (SSSR count). The molecule has 0 saturated carbocycles. The second kappa shape index (κ2) is 10.0. The van der Waals surface area contributed by atoms with Crippen molar-refractivity contribution in [2.45, 2.75) is 26.2 Å². The van der Waals surface area contributed by atoms with Gasteiger partial charge < -0.3 is 19.5 Å². The summed E-state index contributed by atoms with van der Waals surface area (Å²) in [4.78, 5) is 21.1. The van der Waals surface area contributed by atoms with Gasteiger partial charge in [0.15, 0.2) is 0 Å². The van der Waals surface area contributed by atoms with Crippen molar-refractivity contribution in [3.05, 3.63) is 65.9 Å². The molecule has 164 valence electrons. The van der Waals surface area contributed by atoms with Crippen LogP contribution in [0.2, 0.25) is 0 Å². The van der Waals surface area contributed by atoms with Crippen molar-refractivity contribution in [2.24, 2.45) is 5.92 Å². The highest BCUT2D eigenvalue weighted by atomic mass is 16.5. The monoisotopic (exact) mass is 419 g/mol. The van der Waals surface area contributed by atoms with Crippen LogP contribution in [-0.4, -0.2) is 60.5 Å². The number of hydrogen-bond donors (Lipinski definition) is 1. The Kier molecular flexibility index (Phi) is 6.92. The highest BCUT2D eigenvalue weighted by Crippen LogP contribution is 2.23. The van der Waals surface area contributed by atoms with E-state index in [1.165, 1.54) is 18.4 Å². The van der Waals surface area contributed by atoms with E-state index < -0.39 is 0 Å². The maximum atomic E-state index is 13.3. The second-order valence-corrected chi connectivity index (χ2v) is 8.50. The number of H-pyrrole nitrogens is 1. The van der Waals surface area contributed by atoms with Crippen LogP contribution in [0.3, 0.4) is 0 Å². The van der Waals surface area contributed by atoms with Crippen molar-refractivity contribution >= 4 is 16.8 Å². The van der Waals surface area contributed by atoms with Crippen molar-refractivity contribution in [3.8, 4) is 5.75 Å². The first-order valence-electron chi connectivity index (χ1n) is 11.4. The van der Waals surface area contributed by atoms with Crippen LogP contribution in [0.15, 0.2) is 54.7 Å². The molecular weight excluding hydrogens is 386 g/mol. The second-order valence-electron chi connectivity index (χ2n) is 8.50. The standard InChI is InChI=1S/C26H33N3O2/c1-3-29(26(30)24-17-27-25-12-5-4-11-23(24)25)19-21-9-7-14-28(18-21)15-13-20-8-6-10-22(16-20)31-2/h4-6,8,10-12,16-17,21,27H,3,7,9,13-15,18-19H2,1-2H3. The third-order valence-electron chi connectivity index (χ3n) is 6.42. The fourth-order valence-electron chi connectivity index (χ4n) is 4.70. The fraction of sp³-hybridized carbons (Fsp3) is 0.423. The molecule has 0 radical (unpaired) electrons. The van der Waals surface area contributed by atoms with Crippen molar-refractivity contribution in [1.29, 1.82) is 0 Å². The zero-order valence-corrected chi connectivity index (χ0v) is 18.6. The molecule has 5 nitrogen and oxygen atoms in total. The van der Waals surface area contributed by atoms with Crippen molar-refractivity contribution < 1.29 is 9.53 Å². The van der Waals surface area contributed by atoms with Gasteiger partial charge in [0.1, 0.15) is 5.75 Å². The summed E-state index contributed by atoms with van der Waals surface area (Å²) in [7, 11) is 1.71. The smallest absolute Gasteiger partial charge is 0.256 e. The Labute approximate surface area is 185 Å². The molecule has 1 aromatic heterocycles. The largest absolute Gasteiger partial charge is 0.497 e. The topological polar surface area (TPSA) is 48.6 Å². The molecule has 2 heterocycles. The molecular formula is C26H33N3O2. The van der Waals surface area contributed by atoms with E-state index in [4.69, 9.17) is 4.74 Å². The number of amides is 1. The van der Waals surface area contributed by atoms with Crippen LogP contribution >= 0.6 is 0 Å². The first-order chi connectivity index (χ1) is 15.2. The Morgan fingerprint density at radius 2 is 2.10 bits per heavy atom. The van der Waals surface area contributed by atoms with E-state index in [9.17, 15) is 4.79 Å². The third-order valence-corrected chi connectivity index (χ3v) is 6.42. The van der Waals surface area contributed by atoms with Gasteiger partial charge in [-0.25, -0.2) is 0 Å². The number of benzene rings is 2. The lowest BCUT2D eigenvalue weighted by Crippen LogP contribution is -2.43. The summed E-state index contributed by atoms with van der Waals surface area (Å²) >= 11 is 0. The van der Waals surface area contributed by atoms with E-state index in [1.807, 2.05) is 41.4 Å². The number of aromatic amines is 1. The van der Waals surface area contributed by atoms with Crippen LogP contribution in [0.5, 0.6) is 5.75 Å².